The Balaban J connectivity index is 2.79. The van der Waals surface area contributed by atoms with Crippen molar-refractivity contribution in [1.82, 2.24) is 10.2 Å². The van der Waals surface area contributed by atoms with E-state index in [1.54, 1.807) is 0 Å². The van der Waals surface area contributed by atoms with E-state index >= 15 is 0 Å². The van der Waals surface area contributed by atoms with Crippen molar-refractivity contribution in [2.75, 3.05) is 44.3 Å². The SMILES string of the molecule is CN(C)CCCNC(=O)CN(c1ccc(F)cc1F)S(C)(=O)=O. The predicted octanol–water partition coefficient (Wildman–Crippen LogP) is 0.799. The van der Waals surface area contributed by atoms with E-state index in [-0.39, 0.29) is 5.69 Å². The number of carbonyl (C=O) groups is 1. The Kier molecular flexibility index (Phi) is 6.89. The molecule has 0 atom stereocenters. The van der Waals surface area contributed by atoms with Crippen LogP contribution in [0.1, 0.15) is 6.42 Å². The van der Waals surface area contributed by atoms with Crippen LogP contribution in [0.25, 0.3) is 0 Å². The van der Waals surface area contributed by atoms with Crippen molar-refractivity contribution in [3.63, 3.8) is 0 Å². The molecule has 1 aromatic rings. The van der Waals surface area contributed by atoms with E-state index in [1.165, 1.54) is 0 Å². The molecular formula is C14H21F2N3O3S. The molecule has 9 heteroatoms. The van der Waals surface area contributed by atoms with Gasteiger partial charge in [-0.3, -0.25) is 9.10 Å². The molecule has 0 aliphatic heterocycles. The van der Waals surface area contributed by atoms with E-state index < -0.39 is 34.1 Å². The van der Waals surface area contributed by atoms with Crippen molar-refractivity contribution in [2.24, 2.45) is 0 Å². The minimum Gasteiger partial charge on any atom is -0.354 e. The van der Waals surface area contributed by atoms with Crippen LogP contribution in [0.3, 0.4) is 0 Å². The maximum atomic E-state index is 13.8. The number of sulfonamides is 1. The Morgan fingerprint density at radius 1 is 1.26 bits per heavy atom. The molecule has 0 unspecified atom stereocenters. The summed E-state index contributed by atoms with van der Waals surface area (Å²) in [4.78, 5) is 13.8. The maximum absolute atomic E-state index is 13.8. The second kappa shape index (κ2) is 8.21. The van der Waals surface area contributed by atoms with Crippen LogP contribution in [0.2, 0.25) is 0 Å². The summed E-state index contributed by atoms with van der Waals surface area (Å²) >= 11 is 0. The Morgan fingerprint density at radius 2 is 1.91 bits per heavy atom. The van der Waals surface area contributed by atoms with Crippen molar-refractivity contribution >= 4 is 21.6 Å². The van der Waals surface area contributed by atoms with Gasteiger partial charge in [0.2, 0.25) is 15.9 Å². The molecule has 1 aromatic carbocycles. The first-order chi connectivity index (χ1) is 10.6. The maximum Gasteiger partial charge on any atom is 0.240 e. The third-order valence-electron chi connectivity index (χ3n) is 2.97. The zero-order valence-corrected chi connectivity index (χ0v) is 14.2. The summed E-state index contributed by atoms with van der Waals surface area (Å²) in [5.74, 6) is -2.43. The molecule has 0 aliphatic rings. The van der Waals surface area contributed by atoms with E-state index in [0.29, 0.717) is 23.3 Å². The number of nitrogens with one attached hydrogen (secondary N) is 1. The lowest BCUT2D eigenvalue weighted by Gasteiger charge is -2.22. The van der Waals surface area contributed by atoms with Crippen molar-refractivity contribution in [2.45, 2.75) is 6.42 Å². The third kappa shape index (κ3) is 6.49. The molecule has 1 N–H and O–H groups in total. The minimum atomic E-state index is -3.89. The van der Waals surface area contributed by atoms with Crippen molar-refractivity contribution in [3.05, 3.63) is 29.8 Å². The highest BCUT2D eigenvalue weighted by Gasteiger charge is 2.23. The molecule has 0 bridgehead atoms. The van der Waals surface area contributed by atoms with Crippen LogP contribution in [0.15, 0.2) is 18.2 Å². The van der Waals surface area contributed by atoms with Crippen molar-refractivity contribution < 1.29 is 22.0 Å². The highest BCUT2D eigenvalue weighted by Crippen LogP contribution is 2.22. The largest absolute Gasteiger partial charge is 0.354 e. The topological polar surface area (TPSA) is 69.7 Å². The number of nitrogens with zero attached hydrogens (tertiary/aromatic N) is 2. The van der Waals surface area contributed by atoms with Crippen LogP contribution in [0.5, 0.6) is 0 Å². The third-order valence-corrected chi connectivity index (χ3v) is 4.10. The smallest absolute Gasteiger partial charge is 0.240 e. The van der Waals surface area contributed by atoms with Gasteiger partial charge in [0.05, 0.1) is 11.9 Å². The molecule has 0 saturated heterocycles. The molecule has 23 heavy (non-hydrogen) atoms. The minimum absolute atomic E-state index is 0.364. The lowest BCUT2D eigenvalue weighted by Crippen LogP contribution is -2.41. The summed E-state index contributed by atoms with van der Waals surface area (Å²) in [5.41, 5.74) is -0.364. The zero-order valence-electron chi connectivity index (χ0n) is 13.3. The number of anilines is 1. The molecule has 0 radical (unpaired) electrons. The van der Waals surface area contributed by atoms with Crippen molar-refractivity contribution in [3.8, 4) is 0 Å². The Bertz CT molecular complexity index is 651. The quantitative estimate of drug-likeness (QED) is 0.705. The number of rotatable bonds is 8. The monoisotopic (exact) mass is 349 g/mol. The molecule has 130 valence electrons. The van der Waals surface area contributed by atoms with E-state index in [1.807, 2.05) is 19.0 Å². The van der Waals surface area contributed by atoms with Gasteiger partial charge in [0, 0.05) is 12.6 Å². The van der Waals surface area contributed by atoms with E-state index in [4.69, 9.17) is 0 Å². The van der Waals surface area contributed by atoms with Gasteiger partial charge in [-0.25, -0.2) is 17.2 Å². The first kappa shape index (κ1) is 19.3. The van der Waals surface area contributed by atoms with Gasteiger partial charge in [0.25, 0.3) is 0 Å². The summed E-state index contributed by atoms with van der Waals surface area (Å²) in [7, 11) is -0.104. The highest BCUT2D eigenvalue weighted by molar-refractivity contribution is 7.92. The van der Waals surface area contributed by atoms with Gasteiger partial charge in [0.1, 0.15) is 18.2 Å². The first-order valence-electron chi connectivity index (χ1n) is 6.95. The Hall–Kier alpha value is -1.74. The van der Waals surface area contributed by atoms with Gasteiger partial charge in [-0.2, -0.15) is 0 Å². The molecule has 6 nitrogen and oxygen atoms in total. The fourth-order valence-corrected chi connectivity index (χ4v) is 2.73. The number of halogens is 2. The lowest BCUT2D eigenvalue weighted by atomic mass is 10.3. The molecule has 0 saturated carbocycles. The molecular weight excluding hydrogens is 328 g/mol. The summed E-state index contributed by atoms with van der Waals surface area (Å²) in [5, 5.41) is 2.57. The molecule has 1 rings (SSSR count). The van der Waals surface area contributed by atoms with E-state index in [9.17, 15) is 22.0 Å². The standard InChI is InChI=1S/C14H21F2N3O3S/c1-18(2)8-4-7-17-14(20)10-19(23(3,21)22)13-6-5-11(15)9-12(13)16/h5-6,9H,4,7-8,10H2,1-3H3,(H,17,20). The zero-order chi connectivity index (χ0) is 17.6. The average Bonchev–Trinajstić information content (AvgIpc) is 2.40. The van der Waals surface area contributed by atoms with Gasteiger partial charge in [-0.05, 0) is 39.2 Å². The summed E-state index contributed by atoms with van der Waals surface area (Å²) in [6.07, 6.45) is 1.55. The van der Waals surface area contributed by atoms with Crippen LogP contribution in [0.4, 0.5) is 14.5 Å². The second-order valence-electron chi connectivity index (χ2n) is 5.37. The van der Waals surface area contributed by atoms with Crippen LogP contribution in [-0.4, -0.2) is 59.2 Å². The van der Waals surface area contributed by atoms with Gasteiger partial charge in [-0.1, -0.05) is 0 Å². The van der Waals surface area contributed by atoms with Gasteiger partial charge in [0.15, 0.2) is 0 Å². The fraction of sp³-hybridized carbons (Fsp3) is 0.500. The number of amides is 1. The van der Waals surface area contributed by atoms with Crippen LogP contribution in [-0.2, 0) is 14.8 Å². The van der Waals surface area contributed by atoms with Crippen LogP contribution >= 0.6 is 0 Å². The molecule has 0 aromatic heterocycles. The Morgan fingerprint density at radius 3 is 2.43 bits per heavy atom. The van der Waals surface area contributed by atoms with Gasteiger partial charge < -0.3 is 10.2 Å². The average molecular weight is 349 g/mol. The summed E-state index contributed by atoms with van der Waals surface area (Å²) in [6, 6.07) is 2.50. The highest BCUT2D eigenvalue weighted by atomic mass is 32.2. The molecule has 0 heterocycles. The summed E-state index contributed by atoms with van der Waals surface area (Å²) < 4.78 is 51.0. The molecule has 0 spiro atoms. The number of hydrogen-bond acceptors (Lipinski definition) is 4. The Labute approximate surface area is 135 Å². The van der Waals surface area contributed by atoms with Crippen LogP contribution in [0, 0.1) is 11.6 Å². The first-order valence-corrected chi connectivity index (χ1v) is 8.80. The number of hydrogen-bond donors (Lipinski definition) is 1. The van der Waals surface area contributed by atoms with Gasteiger partial charge >= 0.3 is 0 Å². The van der Waals surface area contributed by atoms with E-state index in [0.717, 1.165) is 24.9 Å². The molecule has 1 amide bonds. The van der Waals surface area contributed by atoms with Gasteiger partial charge in [-0.15, -0.1) is 0 Å². The summed E-state index contributed by atoms with van der Waals surface area (Å²) in [6.45, 7) is 0.576. The lowest BCUT2D eigenvalue weighted by molar-refractivity contribution is -0.119. The second-order valence-corrected chi connectivity index (χ2v) is 7.28. The normalized spacial score (nSPS) is 11.6. The number of benzene rings is 1. The number of carbonyl (C=O) groups excluding carboxylic acids is 1. The molecule has 0 aliphatic carbocycles. The van der Waals surface area contributed by atoms with E-state index in [2.05, 4.69) is 5.32 Å². The predicted molar refractivity (Wildman–Crippen MR) is 84.7 cm³/mol. The van der Waals surface area contributed by atoms with Crippen molar-refractivity contribution in [1.29, 1.82) is 0 Å². The van der Waals surface area contributed by atoms with Crippen LogP contribution < -0.4 is 9.62 Å². The fourth-order valence-electron chi connectivity index (χ4n) is 1.87. The molecule has 0 fully saturated rings.